The third kappa shape index (κ3) is 1.88. The first kappa shape index (κ1) is 11.9. The summed E-state index contributed by atoms with van der Waals surface area (Å²) in [5, 5.41) is 6.67. The maximum atomic E-state index is 4.41. The van der Waals surface area contributed by atoms with Gasteiger partial charge in [-0.3, -0.25) is 0 Å². The van der Waals surface area contributed by atoms with Crippen molar-refractivity contribution in [3.63, 3.8) is 0 Å². The maximum absolute atomic E-state index is 4.41. The molecular weight excluding hydrogens is 245 g/mol. The van der Waals surface area contributed by atoms with Crippen molar-refractivity contribution in [3.8, 4) is 0 Å². The molecule has 6 heteroatoms. The summed E-state index contributed by atoms with van der Waals surface area (Å²) < 4.78 is 0. The predicted octanol–water partition coefficient (Wildman–Crippen LogP) is 2.36. The van der Waals surface area contributed by atoms with Gasteiger partial charge in [-0.2, -0.15) is 0 Å². The largest absolute Gasteiger partial charge is 0.356 e. The molecule has 2 aromatic heterocycles. The molecule has 3 heterocycles. The first-order chi connectivity index (χ1) is 8.83. The third-order valence-electron chi connectivity index (χ3n) is 3.74. The van der Waals surface area contributed by atoms with E-state index in [9.17, 15) is 0 Å². The molecule has 96 valence electrons. The minimum absolute atomic E-state index is 0.413. The van der Waals surface area contributed by atoms with Gasteiger partial charge in [0.25, 0.3) is 0 Å². The van der Waals surface area contributed by atoms with Gasteiger partial charge in [-0.05, 0) is 28.7 Å². The first-order valence-electron chi connectivity index (χ1n) is 6.38. The quantitative estimate of drug-likeness (QED) is 0.744. The number of H-pyrrole nitrogens is 1. The number of nitrogens with one attached hydrogen (secondary N) is 3. The van der Waals surface area contributed by atoms with Gasteiger partial charge in [0.1, 0.15) is 11.8 Å². The van der Waals surface area contributed by atoms with Crippen LogP contribution in [0, 0.1) is 0 Å². The summed E-state index contributed by atoms with van der Waals surface area (Å²) in [7, 11) is 2.47. The van der Waals surface area contributed by atoms with Gasteiger partial charge in [0.05, 0.1) is 5.52 Å². The van der Waals surface area contributed by atoms with Gasteiger partial charge in [0.2, 0.25) is 0 Å². The first-order valence-corrected chi connectivity index (χ1v) is 6.95. The van der Waals surface area contributed by atoms with Crippen molar-refractivity contribution in [2.45, 2.75) is 38.3 Å². The van der Waals surface area contributed by atoms with E-state index in [2.05, 4.69) is 47.9 Å². The zero-order valence-corrected chi connectivity index (χ0v) is 11.6. The number of aromatic nitrogens is 3. The molecule has 0 saturated carbocycles. The summed E-state index contributed by atoms with van der Waals surface area (Å²) in [6, 6.07) is 1.05. The maximum Gasteiger partial charge on any atom is 0.156 e. The van der Waals surface area contributed by atoms with Crippen LogP contribution < -0.4 is 10.4 Å². The van der Waals surface area contributed by atoms with Crippen LogP contribution >= 0.6 is 9.39 Å². The van der Waals surface area contributed by atoms with Crippen molar-refractivity contribution in [3.05, 3.63) is 18.1 Å². The summed E-state index contributed by atoms with van der Waals surface area (Å²) in [6.07, 6.45) is 7.28. The van der Waals surface area contributed by atoms with E-state index in [4.69, 9.17) is 0 Å². The highest BCUT2D eigenvalue weighted by Crippen LogP contribution is 2.33. The highest BCUT2D eigenvalue weighted by molar-refractivity contribution is 7.18. The number of fused-ring (bicyclic) bond motifs is 1. The standard InChI is InChI=1S/C12H18N5P/c1-2-7-3-4-9(16-7)8-5-13-11-10(8)14-6-15-12(11)17-18/h5-7,9,13,16H,2-4,18H2,1H3,(H,14,15,17)/t7-,9-/m1/s1. The van der Waals surface area contributed by atoms with Crippen LogP contribution in [0.3, 0.4) is 0 Å². The highest BCUT2D eigenvalue weighted by Gasteiger charge is 2.26. The average molecular weight is 263 g/mol. The molecular formula is C12H18N5P. The van der Waals surface area contributed by atoms with Gasteiger partial charge in [-0.25, -0.2) is 9.97 Å². The molecule has 3 atom stereocenters. The number of hydrogen-bond donors (Lipinski definition) is 3. The molecule has 0 aromatic carbocycles. The molecule has 1 aliphatic heterocycles. The van der Waals surface area contributed by atoms with Crippen molar-refractivity contribution in [2.24, 2.45) is 0 Å². The SMILES string of the molecule is CC[C@@H]1CC[C@H](c2c[nH]c3c(NP)ncnc23)N1. The fourth-order valence-electron chi connectivity index (χ4n) is 2.72. The van der Waals surface area contributed by atoms with Crippen molar-refractivity contribution in [2.75, 3.05) is 5.09 Å². The Labute approximate surface area is 108 Å². The van der Waals surface area contributed by atoms with Gasteiger partial charge in [0, 0.05) is 23.8 Å². The molecule has 1 fully saturated rings. The normalized spacial score (nSPS) is 23.7. The molecule has 0 bridgehead atoms. The fourth-order valence-corrected chi connectivity index (χ4v) is 2.94. The van der Waals surface area contributed by atoms with E-state index in [1.807, 2.05) is 0 Å². The number of aromatic amines is 1. The monoisotopic (exact) mass is 263 g/mol. The van der Waals surface area contributed by atoms with Crippen molar-refractivity contribution in [1.29, 1.82) is 0 Å². The zero-order valence-electron chi connectivity index (χ0n) is 10.4. The fraction of sp³-hybridized carbons (Fsp3) is 0.500. The Hall–Kier alpha value is -1.19. The molecule has 0 aliphatic carbocycles. The molecule has 2 aromatic rings. The van der Waals surface area contributed by atoms with E-state index in [-0.39, 0.29) is 0 Å². The van der Waals surface area contributed by atoms with Crippen LogP contribution in [-0.2, 0) is 0 Å². The zero-order chi connectivity index (χ0) is 12.5. The molecule has 5 nitrogen and oxygen atoms in total. The highest BCUT2D eigenvalue weighted by atomic mass is 31.0. The molecule has 0 spiro atoms. The van der Waals surface area contributed by atoms with Crippen LogP contribution in [0.15, 0.2) is 12.5 Å². The smallest absolute Gasteiger partial charge is 0.156 e. The molecule has 0 radical (unpaired) electrons. The minimum Gasteiger partial charge on any atom is -0.356 e. The van der Waals surface area contributed by atoms with Gasteiger partial charge in [-0.1, -0.05) is 6.92 Å². The lowest BCUT2D eigenvalue weighted by Crippen LogP contribution is -2.23. The van der Waals surface area contributed by atoms with E-state index in [1.165, 1.54) is 24.8 Å². The second-order valence-electron chi connectivity index (χ2n) is 4.74. The number of rotatable bonds is 3. The lowest BCUT2D eigenvalue weighted by atomic mass is 10.1. The number of anilines is 1. The summed E-state index contributed by atoms with van der Waals surface area (Å²) >= 11 is 0. The summed E-state index contributed by atoms with van der Waals surface area (Å²) in [5.41, 5.74) is 3.25. The third-order valence-corrected chi connectivity index (χ3v) is 4.01. The average Bonchev–Trinajstić information content (AvgIpc) is 3.03. The Morgan fingerprint density at radius 1 is 1.44 bits per heavy atom. The number of nitrogens with zero attached hydrogens (tertiary/aromatic N) is 2. The van der Waals surface area contributed by atoms with Gasteiger partial charge < -0.3 is 15.4 Å². The van der Waals surface area contributed by atoms with Crippen LogP contribution in [0.5, 0.6) is 0 Å². The summed E-state index contributed by atoms with van der Waals surface area (Å²) in [6.45, 7) is 2.23. The van der Waals surface area contributed by atoms with Gasteiger partial charge in [0.15, 0.2) is 5.82 Å². The molecule has 3 N–H and O–H groups in total. The van der Waals surface area contributed by atoms with Crippen LogP contribution in [0.25, 0.3) is 11.0 Å². The second-order valence-corrected chi connectivity index (χ2v) is 5.02. The van der Waals surface area contributed by atoms with E-state index in [1.54, 1.807) is 6.33 Å². The number of hydrogen-bond acceptors (Lipinski definition) is 4. The molecule has 1 unspecified atom stereocenters. The van der Waals surface area contributed by atoms with Crippen LogP contribution in [0.1, 0.15) is 37.8 Å². The van der Waals surface area contributed by atoms with E-state index < -0.39 is 0 Å². The Morgan fingerprint density at radius 3 is 3.06 bits per heavy atom. The lowest BCUT2D eigenvalue weighted by molar-refractivity contribution is 0.541. The Balaban J connectivity index is 1.98. The molecule has 1 aliphatic rings. The second kappa shape index (κ2) is 4.82. The minimum atomic E-state index is 0.413. The van der Waals surface area contributed by atoms with Crippen LogP contribution in [0.2, 0.25) is 0 Å². The van der Waals surface area contributed by atoms with Gasteiger partial charge in [-0.15, -0.1) is 0 Å². The Bertz CT molecular complexity index is 552. The molecule has 18 heavy (non-hydrogen) atoms. The molecule has 1 saturated heterocycles. The summed E-state index contributed by atoms with van der Waals surface area (Å²) in [5.74, 6) is 0.821. The van der Waals surface area contributed by atoms with E-state index in [0.717, 1.165) is 16.9 Å². The summed E-state index contributed by atoms with van der Waals surface area (Å²) in [4.78, 5) is 11.9. The van der Waals surface area contributed by atoms with E-state index in [0.29, 0.717) is 12.1 Å². The van der Waals surface area contributed by atoms with Crippen molar-refractivity contribution < 1.29 is 0 Å². The van der Waals surface area contributed by atoms with Crippen LogP contribution in [-0.4, -0.2) is 21.0 Å². The van der Waals surface area contributed by atoms with Crippen molar-refractivity contribution >= 4 is 26.2 Å². The van der Waals surface area contributed by atoms with Crippen molar-refractivity contribution in [1.82, 2.24) is 20.3 Å². The molecule has 3 rings (SSSR count). The topological polar surface area (TPSA) is 65.6 Å². The lowest BCUT2D eigenvalue weighted by Gasteiger charge is -2.11. The molecule has 0 amide bonds. The van der Waals surface area contributed by atoms with E-state index >= 15 is 0 Å². The van der Waals surface area contributed by atoms with Crippen LogP contribution in [0.4, 0.5) is 5.82 Å². The predicted molar refractivity (Wildman–Crippen MR) is 76.4 cm³/mol. The Kier molecular flexibility index (Phi) is 3.18. The Morgan fingerprint density at radius 2 is 2.33 bits per heavy atom. The van der Waals surface area contributed by atoms with Gasteiger partial charge >= 0.3 is 0 Å².